The normalized spacial score (nSPS) is 11.9. The van der Waals surface area contributed by atoms with Crippen LogP contribution in [0.25, 0.3) is 0 Å². The number of aliphatic carboxylic acids is 1. The van der Waals surface area contributed by atoms with Gasteiger partial charge in [0, 0.05) is 22.7 Å². The van der Waals surface area contributed by atoms with Crippen molar-refractivity contribution in [1.29, 1.82) is 0 Å². The molecule has 1 heterocycles. The Bertz CT molecular complexity index is 833. The van der Waals surface area contributed by atoms with Gasteiger partial charge in [0.2, 0.25) is 16.9 Å². The number of hydrogen-bond acceptors (Lipinski definition) is 7. The lowest BCUT2D eigenvalue weighted by molar-refractivity contribution is -0.131. The van der Waals surface area contributed by atoms with Crippen LogP contribution in [0.4, 0.5) is 10.8 Å². The lowest BCUT2D eigenvalue weighted by Gasteiger charge is -2.10. The number of amides is 2. The number of nitrogens with one attached hydrogen (secondary N) is 2. The van der Waals surface area contributed by atoms with Crippen LogP contribution in [0.3, 0.4) is 0 Å². The van der Waals surface area contributed by atoms with E-state index in [2.05, 4.69) is 20.8 Å². The lowest BCUT2D eigenvalue weighted by atomic mass is 10.3. The third-order valence-corrected chi connectivity index (χ3v) is 4.80. The monoisotopic (exact) mass is 392 g/mol. The average molecular weight is 392 g/mol. The van der Waals surface area contributed by atoms with Gasteiger partial charge in [-0.3, -0.25) is 14.9 Å². The van der Waals surface area contributed by atoms with E-state index in [0.29, 0.717) is 10.8 Å². The molecule has 0 bridgehead atoms. The van der Waals surface area contributed by atoms with Crippen molar-refractivity contribution in [2.75, 3.05) is 10.6 Å². The van der Waals surface area contributed by atoms with E-state index in [9.17, 15) is 14.4 Å². The van der Waals surface area contributed by atoms with Gasteiger partial charge in [-0.1, -0.05) is 11.3 Å². The molecule has 8 nitrogen and oxygen atoms in total. The Labute approximate surface area is 157 Å². The van der Waals surface area contributed by atoms with Crippen LogP contribution in [0, 0.1) is 6.92 Å². The molecule has 0 saturated heterocycles. The molecule has 10 heteroatoms. The van der Waals surface area contributed by atoms with E-state index in [4.69, 9.17) is 5.11 Å². The number of carboxylic acids is 1. The Morgan fingerprint density at radius 2 is 1.85 bits per heavy atom. The smallest absolute Gasteiger partial charge is 0.328 e. The maximum absolute atomic E-state index is 12.2. The number of thioether (sulfide) groups is 1. The summed E-state index contributed by atoms with van der Waals surface area (Å²) in [5.41, 5.74) is 0.524. The first-order valence-corrected chi connectivity index (χ1v) is 9.13. The molecule has 0 radical (unpaired) electrons. The highest BCUT2D eigenvalue weighted by atomic mass is 32.2. The Morgan fingerprint density at radius 3 is 2.42 bits per heavy atom. The SMILES string of the molecule is Cc1nnc(NC(=O)C(C)Sc2ccc(NC(=O)/C=C/C(=O)O)cc2)s1. The predicted octanol–water partition coefficient (Wildman–Crippen LogP) is 2.55. The number of carboxylic acid groups (broad SMARTS) is 1. The van der Waals surface area contributed by atoms with Crippen LogP contribution >= 0.6 is 23.1 Å². The molecule has 1 aromatic carbocycles. The molecule has 0 saturated carbocycles. The zero-order chi connectivity index (χ0) is 19.1. The number of rotatable bonds is 7. The fraction of sp³-hybridized carbons (Fsp3) is 0.188. The number of anilines is 2. The van der Waals surface area contributed by atoms with Crippen LogP contribution in [-0.2, 0) is 14.4 Å². The number of benzene rings is 1. The molecule has 0 fully saturated rings. The summed E-state index contributed by atoms with van der Waals surface area (Å²) in [6.45, 7) is 3.59. The van der Waals surface area contributed by atoms with Crippen LogP contribution < -0.4 is 10.6 Å². The number of hydrogen-bond donors (Lipinski definition) is 3. The van der Waals surface area contributed by atoms with Crippen LogP contribution in [0.15, 0.2) is 41.3 Å². The molecule has 0 spiro atoms. The fourth-order valence-electron chi connectivity index (χ4n) is 1.76. The largest absolute Gasteiger partial charge is 0.478 e. The minimum Gasteiger partial charge on any atom is -0.478 e. The molecule has 2 aromatic rings. The molecule has 1 aromatic heterocycles. The van der Waals surface area contributed by atoms with Gasteiger partial charge in [0.1, 0.15) is 5.01 Å². The Hall–Kier alpha value is -2.72. The van der Waals surface area contributed by atoms with Crippen LogP contribution in [0.5, 0.6) is 0 Å². The highest BCUT2D eigenvalue weighted by molar-refractivity contribution is 8.00. The van der Waals surface area contributed by atoms with Gasteiger partial charge in [0.05, 0.1) is 5.25 Å². The highest BCUT2D eigenvalue weighted by Crippen LogP contribution is 2.26. The first-order valence-electron chi connectivity index (χ1n) is 7.43. The molecular formula is C16H16N4O4S2. The quantitative estimate of drug-likeness (QED) is 0.489. The number of aryl methyl sites for hydroxylation is 1. The van der Waals surface area contributed by atoms with Crippen molar-refractivity contribution in [3.8, 4) is 0 Å². The molecule has 0 aliphatic heterocycles. The number of carbonyl (C=O) groups is 3. The number of nitrogens with zero attached hydrogens (tertiary/aromatic N) is 2. The van der Waals surface area contributed by atoms with Gasteiger partial charge in [-0.2, -0.15) is 0 Å². The molecular weight excluding hydrogens is 376 g/mol. The van der Waals surface area contributed by atoms with Gasteiger partial charge in [0.25, 0.3) is 0 Å². The van der Waals surface area contributed by atoms with Crippen LogP contribution in [0.1, 0.15) is 11.9 Å². The van der Waals surface area contributed by atoms with E-state index in [1.54, 1.807) is 31.2 Å². The van der Waals surface area contributed by atoms with Crippen molar-refractivity contribution >= 4 is 51.7 Å². The van der Waals surface area contributed by atoms with Crippen molar-refractivity contribution in [3.63, 3.8) is 0 Å². The zero-order valence-electron chi connectivity index (χ0n) is 13.9. The second kappa shape index (κ2) is 9.11. The third-order valence-electron chi connectivity index (χ3n) is 2.94. The third kappa shape index (κ3) is 6.30. The molecule has 3 N–H and O–H groups in total. The molecule has 0 aliphatic carbocycles. The van der Waals surface area contributed by atoms with Gasteiger partial charge in [-0.25, -0.2) is 4.79 Å². The van der Waals surface area contributed by atoms with E-state index >= 15 is 0 Å². The van der Waals surface area contributed by atoms with E-state index in [1.165, 1.54) is 23.1 Å². The minimum absolute atomic E-state index is 0.178. The van der Waals surface area contributed by atoms with Gasteiger partial charge in [-0.05, 0) is 38.1 Å². The number of carbonyl (C=O) groups excluding carboxylic acids is 2. The summed E-state index contributed by atoms with van der Waals surface area (Å²) in [6, 6.07) is 6.88. The molecule has 26 heavy (non-hydrogen) atoms. The van der Waals surface area contributed by atoms with E-state index in [1.807, 2.05) is 6.92 Å². The van der Waals surface area contributed by atoms with Gasteiger partial charge >= 0.3 is 5.97 Å². The van der Waals surface area contributed by atoms with Crippen LogP contribution in [-0.4, -0.2) is 38.3 Å². The maximum Gasteiger partial charge on any atom is 0.328 e. The molecule has 1 unspecified atom stereocenters. The predicted molar refractivity (Wildman–Crippen MR) is 100 cm³/mol. The Morgan fingerprint density at radius 1 is 1.15 bits per heavy atom. The topological polar surface area (TPSA) is 121 Å². The minimum atomic E-state index is -1.19. The first-order chi connectivity index (χ1) is 12.3. The summed E-state index contributed by atoms with van der Waals surface area (Å²) >= 11 is 2.67. The zero-order valence-corrected chi connectivity index (χ0v) is 15.6. The van der Waals surface area contributed by atoms with E-state index in [0.717, 1.165) is 22.1 Å². The molecule has 1 atom stereocenters. The number of aromatic nitrogens is 2. The van der Waals surface area contributed by atoms with Gasteiger partial charge in [-0.15, -0.1) is 22.0 Å². The van der Waals surface area contributed by atoms with Crippen molar-refractivity contribution in [2.45, 2.75) is 24.0 Å². The van der Waals surface area contributed by atoms with E-state index in [-0.39, 0.29) is 11.2 Å². The summed E-state index contributed by atoms with van der Waals surface area (Å²) < 4.78 is 0. The molecule has 0 aliphatic rings. The highest BCUT2D eigenvalue weighted by Gasteiger charge is 2.16. The van der Waals surface area contributed by atoms with Crippen molar-refractivity contribution < 1.29 is 19.5 Å². The van der Waals surface area contributed by atoms with Crippen molar-refractivity contribution in [2.24, 2.45) is 0 Å². The average Bonchev–Trinajstić information content (AvgIpc) is 2.99. The van der Waals surface area contributed by atoms with Gasteiger partial charge in [0.15, 0.2) is 0 Å². The lowest BCUT2D eigenvalue weighted by Crippen LogP contribution is -2.22. The Balaban J connectivity index is 1.88. The second-order valence-corrected chi connectivity index (χ2v) is 7.66. The summed E-state index contributed by atoms with van der Waals surface area (Å²) in [6.07, 6.45) is 1.70. The Kier molecular flexibility index (Phi) is 6.87. The summed E-state index contributed by atoms with van der Waals surface area (Å²) in [4.78, 5) is 34.9. The second-order valence-electron chi connectivity index (χ2n) is 5.06. The van der Waals surface area contributed by atoms with E-state index < -0.39 is 11.9 Å². The maximum atomic E-state index is 12.2. The van der Waals surface area contributed by atoms with Crippen molar-refractivity contribution in [3.05, 3.63) is 41.4 Å². The summed E-state index contributed by atoms with van der Waals surface area (Å²) in [7, 11) is 0. The van der Waals surface area contributed by atoms with Crippen LogP contribution in [0.2, 0.25) is 0 Å². The summed E-state index contributed by atoms with van der Waals surface area (Å²) in [5.74, 6) is -1.90. The first kappa shape index (κ1) is 19.6. The van der Waals surface area contributed by atoms with Crippen molar-refractivity contribution in [1.82, 2.24) is 10.2 Å². The molecule has 2 rings (SSSR count). The fourth-order valence-corrected chi connectivity index (χ4v) is 3.22. The molecule has 136 valence electrons. The van der Waals surface area contributed by atoms with Gasteiger partial charge < -0.3 is 10.4 Å². The standard InChI is InChI=1S/C16H16N4O4S2/c1-9(15(24)18-16-20-19-10(2)26-16)25-12-5-3-11(4-6-12)17-13(21)7-8-14(22)23/h3-9H,1-2H3,(H,17,21)(H,22,23)(H,18,20,24)/b8-7+. The summed E-state index contributed by atoms with van der Waals surface area (Å²) in [5, 5.41) is 22.3. The molecule has 2 amide bonds.